The van der Waals surface area contributed by atoms with Crippen LogP contribution in [0.15, 0.2) is 206 Å². The van der Waals surface area contributed by atoms with Crippen LogP contribution in [0.5, 0.6) is 0 Å². The van der Waals surface area contributed by atoms with E-state index in [0.717, 1.165) is 50.2 Å². The number of para-hydroxylation sites is 3. The summed E-state index contributed by atoms with van der Waals surface area (Å²) in [7, 11) is 0. The van der Waals surface area contributed by atoms with Crippen molar-refractivity contribution in [3.05, 3.63) is 206 Å². The lowest BCUT2D eigenvalue weighted by atomic mass is 9.97. The van der Waals surface area contributed by atoms with E-state index >= 15 is 0 Å². The van der Waals surface area contributed by atoms with Crippen LogP contribution < -0.4 is 0 Å². The lowest BCUT2D eigenvalue weighted by Crippen LogP contribution is -2.00. The van der Waals surface area contributed by atoms with E-state index in [0.29, 0.717) is 5.82 Å². The molecule has 0 aliphatic carbocycles. The summed E-state index contributed by atoms with van der Waals surface area (Å²) in [5.41, 5.74) is 11.9. The molecular weight excluding hydrogens is 705 g/mol. The number of rotatable bonds is 5. The highest BCUT2D eigenvalue weighted by Gasteiger charge is 2.22. The Kier molecular flexibility index (Phi) is 7.20. The fourth-order valence-electron chi connectivity index (χ4n) is 9.20. The van der Waals surface area contributed by atoms with E-state index in [1.165, 1.54) is 54.4 Å². The Morgan fingerprint density at radius 2 is 0.828 bits per heavy atom. The van der Waals surface area contributed by atoms with Crippen molar-refractivity contribution in [3.8, 4) is 45.3 Å². The third-order valence-electron chi connectivity index (χ3n) is 11.7. The molecule has 0 saturated heterocycles. The summed E-state index contributed by atoms with van der Waals surface area (Å²) in [6, 6.07) is 73.7. The maximum absolute atomic E-state index is 5.31. The van der Waals surface area contributed by atoms with E-state index < -0.39 is 0 Å². The molecule has 3 heterocycles. The van der Waals surface area contributed by atoms with Gasteiger partial charge in [-0.3, -0.25) is 0 Å². The zero-order chi connectivity index (χ0) is 38.2. The van der Waals surface area contributed by atoms with E-state index in [9.17, 15) is 0 Å². The third-order valence-corrected chi connectivity index (χ3v) is 11.7. The molecule has 0 unspecified atom stereocenters. The Bertz CT molecular complexity index is 3560. The minimum Gasteiger partial charge on any atom is -0.307 e. The first-order chi connectivity index (χ1) is 28.8. The number of nitrogens with zero attached hydrogens (tertiary/aromatic N) is 4. The van der Waals surface area contributed by atoms with Gasteiger partial charge in [-0.15, -0.1) is 0 Å². The normalized spacial score (nSPS) is 11.8. The summed E-state index contributed by atoms with van der Waals surface area (Å²) in [6.45, 7) is 0. The van der Waals surface area contributed by atoms with Crippen LogP contribution >= 0.6 is 0 Å². The van der Waals surface area contributed by atoms with Gasteiger partial charge in [0.15, 0.2) is 5.82 Å². The summed E-state index contributed by atoms with van der Waals surface area (Å²) < 4.78 is 4.94. The molecule has 3 aromatic heterocycles. The molecule has 0 radical (unpaired) electrons. The molecule has 4 heteroatoms. The number of fused-ring (bicyclic) bond motifs is 9. The van der Waals surface area contributed by atoms with Crippen molar-refractivity contribution in [2.45, 2.75) is 0 Å². The summed E-state index contributed by atoms with van der Waals surface area (Å²) in [5, 5.41) is 9.53. The van der Waals surface area contributed by atoms with Gasteiger partial charge < -0.3 is 9.13 Å². The van der Waals surface area contributed by atoms with Crippen molar-refractivity contribution in [1.82, 2.24) is 19.1 Å². The van der Waals surface area contributed by atoms with Crippen LogP contribution in [0.25, 0.3) is 110 Å². The van der Waals surface area contributed by atoms with Crippen molar-refractivity contribution < 1.29 is 0 Å². The maximum Gasteiger partial charge on any atom is 0.160 e. The average Bonchev–Trinajstić information content (AvgIpc) is 3.82. The first-order valence-electron chi connectivity index (χ1n) is 19.8. The molecule has 0 N–H and O–H groups in total. The first kappa shape index (κ1) is 32.4. The molecule has 0 spiro atoms. The van der Waals surface area contributed by atoms with Crippen LogP contribution in [-0.4, -0.2) is 19.1 Å². The molecule has 12 rings (SSSR count). The minimum atomic E-state index is 0.702. The van der Waals surface area contributed by atoms with Gasteiger partial charge in [0, 0.05) is 49.3 Å². The summed E-state index contributed by atoms with van der Waals surface area (Å²) in [4.78, 5) is 10.5. The fourth-order valence-corrected chi connectivity index (χ4v) is 9.20. The largest absolute Gasteiger partial charge is 0.307 e. The van der Waals surface area contributed by atoms with Crippen LogP contribution in [-0.2, 0) is 0 Å². The lowest BCUT2D eigenvalue weighted by Gasteiger charge is -2.16. The van der Waals surface area contributed by atoms with Crippen molar-refractivity contribution in [2.24, 2.45) is 0 Å². The van der Waals surface area contributed by atoms with Crippen molar-refractivity contribution in [1.29, 1.82) is 0 Å². The van der Waals surface area contributed by atoms with Crippen LogP contribution in [0.3, 0.4) is 0 Å². The van der Waals surface area contributed by atoms with Crippen LogP contribution in [0.2, 0.25) is 0 Å². The number of aromatic nitrogens is 4. The molecule has 58 heavy (non-hydrogen) atoms. The monoisotopic (exact) mass is 738 g/mol. The van der Waals surface area contributed by atoms with Gasteiger partial charge in [0.2, 0.25) is 0 Å². The number of hydrogen-bond acceptors (Lipinski definition) is 2. The molecular formula is C54H34N4. The van der Waals surface area contributed by atoms with Crippen LogP contribution in [0.4, 0.5) is 0 Å². The lowest BCUT2D eigenvalue weighted by molar-refractivity contribution is 1.16. The van der Waals surface area contributed by atoms with Gasteiger partial charge in [0.25, 0.3) is 0 Å². The highest BCUT2D eigenvalue weighted by molar-refractivity contribution is 6.24. The van der Waals surface area contributed by atoms with Gasteiger partial charge in [-0.1, -0.05) is 170 Å². The van der Waals surface area contributed by atoms with Gasteiger partial charge in [0.1, 0.15) is 0 Å². The molecule has 12 aromatic rings. The number of hydrogen-bond donors (Lipinski definition) is 0. The molecule has 0 aliphatic rings. The van der Waals surface area contributed by atoms with Gasteiger partial charge in [-0.2, -0.15) is 0 Å². The van der Waals surface area contributed by atoms with Crippen LogP contribution in [0, 0.1) is 0 Å². The predicted molar refractivity (Wildman–Crippen MR) is 242 cm³/mol. The topological polar surface area (TPSA) is 35.6 Å². The fraction of sp³-hybridized carbons (Fsp3) is 0. The second-order valence-electron chi connectivity index (χ2n) is 14.9. The van der Waals surface area contributed by atoms with E-state index in [2.05, 4.69) is 197 Å². The Hall–Kier alpha value is -7.82. The smallest absolute Gasteiger partial charge is 0.160 e. The summed E-state index contributed by atoms with van der Waals surface area (Å²) in [5.74, 6) is 0.702. The van der Waals surface area contributed by atoms with E-state index in [1.807, 2.05) is 18.2 Å². The Morgan fingerprint density at radius 3 is 1.55 bits per heavy atom. The molecule has 4 nitrogen and oxygen atoms in total. The number of benzene rings is 9. The molecule has 0 saturated carbocycles. The van der Waals surface area contributed by atoms with Gasteiger partial charge in [-0.25, -0.2) is 9.97 Å². The van der Waals surface area contributed by atoms with Crippen molar-refractivity contribution in [3.63, 3.8) is 0 Å². The molecule has 0 atom stereocenters. The third kappa shape index (κ3) is 4.88. The second kappa shape index (κ2) is 12.9. The van der Waals surface area contributed by atoms with Gasteiger partial charge in [0.05, 0.1) is 39.1 Å². The first-order valence-corrected chi connectivity index (χ1v) is 19.8. The molecule has 0 bridgehead atoms. The molecule has 0 fully saturated rings. The summed E-state index contributed by atoms with van der Waals surface area (Å²) in [6.07, 6.45) is 0. The van der Waals surface area contributed by atoms with E-state index in [1.54, 1.807) is 0 Å². The van der Waals surface area contributed by atoms with E-state index in [4.69, 9.17) is 9.97 Å². The predicted octanol–water partition coefficient (Wildman–Crippen LogP) is 14.0. The van der Waals surface area contributed by atoms with Crippen molar-refractivity contribution in [2.75, 3.05) is 0 Å². The minimum absolute atomic E-state index is 0.702. The Labute approximate surface area is 334 Å². The second-order valence-corrected chi connectivity index (χ2v) is 14.9. The van der Waals surface area contributed by atoms with Crippen LogP contribution in [0.1, 0.15) is 0 Å². The standard InChI is InChI=1S/C54H34N4/c1-3-17-36(18-4-1)54-55-47(40-26-13-19-35-16-7-8-22-38(35)40)34-48(56-54)41-27-14-28-42-39(41)25-15-31-51(42)58-50-30-12-10-24-44(50)46-33-32-45-43-23-9-11-29-49(43)57(52(45)53(46)58)37-20-5-2-6-21-37/h1-34H. The maximum atomic E-state index is 5.31. The van der Waals surface area contributed by atoms with Gasteiger partial charge in [-0.05, 0) is 52.6 Å². The highest BCUT2D eigenvalue weighted by Crippen LogP contribution is 2.43. The summed E-state index contributed by atoms with van der Waals surface area (Å²) >= 11 is 0. The Balaban J connectivity index is 1.16. The highest BCUT2D eigenvalue weighted by atomic mass is 15.0. The molecule has 0 amide bonds. The Morgan fingerprint density at radius 1 is 0.328 bits per heavy atom. The molecule has 270 valence electrons. The quantitative estimate of drug-likeness (QED) is 0.176. The SMILES string of the molecule is c1ccc(-c2nc(-c3cccc4ccccc34)cc(-c3cccc4c(-n5c6ccccc6c6ccc7c8ccccc8n(-c8ccccc8)c7c65)cccc34)n2)cc1. The van der Waals surface area contributed by atoms with Crippen molar-refractivity contribution >= 4 is 65.2 Å². The van der Waals surface area contributed by atoms with Gasteiger partial charge >= 0.3 is 0 Å². The van der Waals surface area contributed by atoms with E-state index in [-0.39, 0.29) is 0 Å². The molecule has 9 aromatic carbocycles. The zero-order valence-electron chi connectivity index (χ0n) is 31.4. The zero-order valence-corrected chi connectivity index (χ0v) is 31.4. The average molecular weight is 739 g/mol. The molecule has 0 aliphatic heterocycles.